The lowest BCUT2D eigenvalue weighted by molar-refractivity contribution is -0.160. The highest BCUT2D eigenvalue weighted by Gasteiger charge is 2.23. The van der Waals surface area contributed by atoms with Crippen LogP contribution in [0.1, 0.15) is 27.7 Å². The van der Waals surface area contributed by atoms with E-state index in [2.05, 4.69) is 5.32 Å². The monoisotopic (exact) mass is 323 g/mol. The molecule has 2 unspecified atom stereocenters. The third kappa shape index (κ3) is 6.59. The first-order valence-corrected chi connectivity index (χ1v) is 7.62. The number of hydrogen-bond donors (Lipinski definition) is 1. The molecule has 0 aromatic heterocycles. The number of carbonyl (C=O) groups is 2. The molecule has 2 atom stereocenters. The van der Waals surface area contributed by atoms with Gasteiger partial charge in [-0.05, 0) is 44.0 Å². The smallest absolute Gasteiger partial charge is 0.347 e. The van der Waals surface area contributed by atoms with Crippen LogP contribution in [0.15, 0.2) is 24.3 Å². The summed E-state index contributed by atoms with van der Waals surface area (Å²) in [6, 6.07) is 6.85. The summed E-state index contributed by atoms with van der Waals surface area (Å²) in [5.41, 5.74) is 0. The molecule has 0 aliphatic rings. The van der Waals surface area contributed by atoms with E-state index in [4.69, 9.17) is 14.2 Å². The summed E-state index contributed by atoms with van der Waals surface area (Å²) in [7, 11) is 1.57. The number of rotatable bonds is 8. The second kappa shape index (κ2) is 9.02. The molecular formula is C17H25NO5. The molecule has 0 radical (unpaired) electrons. The standard InChI is InChI=1S/C17H25NO5/c1-11(2)10-18-16(19)12(3)23-17(20)13(4)22-15-8-6-14(21-5)7-9-15/h6-9,11-13H,10H2,1-5H3,(H,18,19). The number of amides is 1. The van der Waals surface area contributed by atoms with Crippen molar-refractivity contribution in [2.45, 2.75) is 39.9 Å². The number of benzene rings is 1. The second-order valence-electron chi connectivity index (χ2n) is 5.65. The first-order valence-electron chi connectivity index (χ1n) is 7.62. The van der Waals surface area contributed by atoms with E-state index in [-0.39, 0.29) is 5.91 Å². The largest absolute Gasteiger partial charge is 0.497 e. The van der Waals surface area contributed by atoms with E-state index < -0.39 is 18.2 Å². The summed E-state index contributed by atoms with van der Waals surface area (Å²) in [6.45, 7) is 7.63. The van der Waals surface area contributed by atoms with E-state index in [1.165, 1.54) is 6.92 Å². The lowest BCUT2D eigenvalue weighted by atomic mass is 10.2. The summed E-state index contributed by atoms with van der Waals surface area (Å²) in [4.78, 5) is 23.8. The number of esters is 1. The fourth-order valence-electron chi connectivity index (χ4n) is 1.68. The van der Waals surface area contributed by atoms with Gasteiger partial charge in [0.15, 0.2) is 12.2 Å². The highest BCUT2D eigenvalue weighted by atomic mass is 16.6. The van der Waals surface area contributed by atoms with E-state index in [0.717, 1.165) is 0 Å². The lowest BCUT2D eigenvalue weighted by Gasteiger charge is -2.18. The Bertz CT molecular complexity index is 512. The summed E-state index contributed by atoms with van der Waals surface area (Å²) in [6.07, 6.45) is -1.67. The van der Waals surface area contributed by atoms with Crippen LogP contribution in [-0.4, -0.2) is 37.7 Å². The van der Waals surface area contributed by atoms with Gasteiger partial charge in [0.2, 0.25) is 0 Å². The van der Waals surface area contributed by atoms with Crippen LogP contribution in [0.2, 0.25) is 0 Å². The van der Waals surface area contributed by atoms with Crippen LogP contribution in [0, 0.1) is 5.92 Å². The van der Waals surface area contributed by atoms with Crippen molar-refractivity contribution in [2.75, 3.05) is 13.7 Å². The van der Waals surface area contributed by atoms with Crippen LogP contribution in [0.3, 0.4) is 0 Å². The average Bonchev–Trinajstić information content (AvgIpc) is 2.52. The highest BCUT2D eigenvalue weighted by molar-refractivity contribution is 5.84. The number of methoxy groups -OCH3 is 1. The van der Waals surface area contributed by atoms with Crippen molar-refractivity contribution in [1.29, 1.82) is 0 Å². The van der Waals surface area contributed by atoms with E-state index in [1.54, 1.807) is 38.3 Å². The third-order valence-electron chi connectivity index (χ3n) is 3.05. The van der Waals surface area contributed by atoms with E-state index >= 15 is 0 Å². The Morgan fingerprint density at radius 2 is 1.57 bits per heavy atom. The van der Waals surface area contributed by atoms with Gasteiger partial charge in [0, 0.05) is 6.54 Å². The normalized spacial score (nSPS) is 13.1. The first kappa shape index (κ1) is 18.8. The van der Waals surface area contributed by atoms with Crippen molar-refractivity contribution >= 4 is 11.9 Å². The molecule has 0 saturated heterocycles. The minimum Gasteiger partial charge on any atom is -0.497 e. The molecule has 1 amide bonds. The summed E-state index contributed by atoms with van der Waals surface area (Å²) in [5, 5.41) is 2.72. The molecule has 1 aromatic rings. The quantitative estimate of drug-likeness (QED) is 0.742. The molecule has 23 heavy (non-hydrogen) atoms. The molecule has 0 aliphatic carbocycles. The van der Waals surface area contributed by atoms with Crippen molar-refractivity contribution in [1.82, 2.24) is 5.32 Å². The number of hydrogen-bond acceptors (Lipinski definition) is 5. The van der Waals surface area contributed by atoms with E-state index in [1.807, 2.05) is 13.8 Å². The molecule has 6 nitrogen and oxygen atoms in total. The first-order chi connectivity index (χ1) is 10.8. The Balaban J connectivity index is 2.47. The maximum Gasteiger partial charge on any atom is 0.347 e. The topological polar surface area (TPSA) is 73.9 Å². The molecule has 1 N–H and O–H groups in total. The van der Waals surface area contributed by atoms with Gasteiger partial charge in [-0.2, -0.15) is 0 Å². The highest BCUT2D eigenvalue weighted by Crippen LogP contribution is 2.18. The number of carbonyl (C=O) groups excluding carboxylic acids is 2. The molecule has 1 aromatic carbocycles. The Labute approximate surface area is 137 Å². The minimum atomic E-state index is -0.858. The molecule has 0 bridgehead atoms. The van der Waals surface area contributed by atoms with Gasteiger partial charge in [0.05, 0.1) is 7.11 Å². The molecule has 0 spiro atoms. The molecule has 0 heterocycles. The lowest BCUT2D eigenvalue weighted by Crippen LogP contribution is -2.40. The van der Waals surface area contributed by atoms with Crippen molar-refractivity contribution in [3.63, 3.8) is 0 Å². The van der Waals surface area contributed by atoms with Gasteiger partial charge in [-0.1, -0.05) is 13.8 Å². The van der Waals surface area contributed by atoms with Crippen molar-refractivity contribution < 1.29 is 23.8 Å². The fourth-order valence-corrected chi connectivity index (χ4v) is 1.68. The summed E-state index contributed by atoms with van der Waals surface area (Å²) in [5.74, 6) is 0.645. The predicted octanol–water partition coefficient (Wildman–Crippen LogP) is 2.17. The zero-order valence-corrected chi connectivity index (χ0v) is 14.3. The third-order valence-corrected chi connectivity index (χ3v) is 3.05. The van der Waals surface area contributed by atoms with Gasteiger partial charge in [-0.3, -0.25) is 4.79 Å². The Kier molecular flexibility index (Phi) is 7.38. The van der Waals surface area contributed by atoms with Gasteiger partial charge in [-0.25, -0.2) is 4.79 Å². The molecule has 128 valence electrons. The summed E-state index contributed by atoms with van der Waals surface area (Å²) >= 11 is 0. The summed E-state index contributed by atoms with van der Waals surface area (Å²) < 4.78 is 15.7. The van der Waals surface area contributed by atoms with Gasteiger partial charge in [-0.15, -0.1) is 0 Å². The van der Waals surface area contributed by atoms with E-state index in [9.17, 15) is 9.59 Å². The van der Waals surface area contributed by atoms with Gasteiger partial charge < -0.3 is 19.5 Å². The molecule has 0 aliphatic heterocycles. The maximum absolute atomic E-state index is 12.0. The number of ether oxygens (including phenoxy) is 3. The molecule has 6 heteroatoms. The predicted molar refractivity (Wildman–Crippen MR) is 86.5 cm³/mol. The zero-order valence-electron chi connectivity index (χ0n) is 14.3. The second-order valence-corrected chi connectivity index (χ2v) is 5.65. The van der Waals surface area contributed by atoms with Crippen LogP contribution in [0.4, 0.5) is 0 Å². The van der Waals surface area contributed by atoms with Gasteiger partial charge in [0.25, 0.3) is 5.91 Å². The average molecular weight is 323 g/mol. The molecular weight excluding hydrogens is 298 g/mol. The van der Waals surface area contributed by atoms with Crippen LogP contribution in [0.25, 0.3) is 0 Å². The maximum atomic E-state index is 12.0. The van der Waals surface area contributed by atoms with Crippen LogP contribution in [0.5, 0.6) is 11.5 Å². The van der Waals surface area contributed by atoms with Crippen LogP contribution < -0.4 is 14.8 Å². The van der Waals surface area contributed by atoms with Crippen LogP contribution in [-0.2, 0) is 14.3 Å². The van der Waals surface area contributed by atoms with Gasteiger partial charge in [0.1, 0.15) is 11.5 Å². The Morgan fingerprint density at radius 3 is 2.09 bits per heavy atom. The fraction of sp³-hybridized carbons (Fsp3) is 0.529. The molecule has 0 fully saturated rings. The molecule has 0 saturated carbocycles. The SMILES string of the molecule is COc1ccc(OC(C)C(=O)OC(C)C(=O)NCC(C)C)cc1. The van der Waals surface area contributed by atoms with E-state index in [0.29, 0.717) is 24.0 Å². The number of nitrogens with one attached hydrogen (secondary N) is 1. The Morgan fingerprint density at radius 1 is 1.00 bits per heavy atom. The van der Waals surface area contributed by atoms with Crippen molar-refractivity contribution in [2.24, 2.45) is 5.92 Å². The zero-order chi connectivity index (χ0) is 17.4. The van der Waals surface area contributed by atoms with Crippen molar-refractivity contribution in [3.05, 3.63) is 24.3 Å². The van der Waals surface area contributed by atoms with Crippen LogP contribution >= 0.6 is 0 Å². The minimum absolute atomic E-state index is 0.316. The molecule has 1 rings (SSSR count). The van der Waals surface area contributed by atoms with Crippen molar-refractivity contribution in [3.8, 4) is 11.5 Å². The Hall–Kier alpha value is -2.24. The van der Waals surface area contributed by atoms with Gasteiger partial charge >= 0.3 is 5.97 Å².